The molecule has 3 aromatic heterocycles. The van der Waals surface area contributed by atoms with Gasteiger partial charge in [0.1, 0.15) is 11.5 Å². The predicted octanol–water partition coefficient (Wildman–Crippen LogP) is 5.56. The smallest absolute Gasteiger partial charge is 0.155 e. The fourth-order valence-corrected chi connectivity index (χ4v) is 3.50. The summed E-state index contributed by atoms with van der Waals surface area (Å²) in [5.74, 6) is 0.830. The Morgan fingerprint density at radius 1 is 0.935 bits per heavy atom. The van der Waals surface area contributed by atoms with E-state index in [-0.39, 0.29) is 31.6 Å². The van der Waals surface area contributed by atoms with Gasteiger partial charge in [-0.2, -0.15) is 24.3 Å². The second-order valence-electron chi connectivity index (χ2n) is 6.89. The van der Waals surface area contributed by atoms with Crippen LogP contribution in [0.25, 0.3) is 38.5 Å². The van der Waals surface area contributed by atoms with Crippen LogP contribution in [-0.4, -0.2) is 25.4 Å². The number of ketones is 1. The van der Waals surface area contributed by atoms with Gasteiger partial charge in [-0.1, -0.05) is 35.8 Å². The molecule has 157 valence electrons. The average molecular weight is 587 g/mol. The van der Waals surface area contributed by atoms with Gasteiger partial charge in [-0.15, -0.1) is 5.39 Å². The average Bonchev–Trinajstić information content (AvgIpc) is 3.07. The van der Waals surface area contributed by atoms with Gasteiger partial charge >= 0.3 is 0 Å². The van der Waals surface area contributed by atoms with Gasteiger partial charge in [-0.05, 0) is 36.8 Å². The van der Waals surface area contributed by atoms with Crippen molar-refractivity contribution in [3.63, 3.8) is 0 Å². The summed E-state index contributed by atoms with van der Waals surface area (Å²) >= 11 is 0. The van der Waals surface area contributed by atoms with Gasteiger partial charge in [0.05, 0.1) is 5.76 Å². The van der Waals surface area contributed by atoms with E-state index in [2.05, 4.69) is 44.9 Å². The number of aliphatic hydroxyl groups excluding tert-OH is 1. The van der Waals surface area contributed by atoms with Crippen molar-refractivity contribution in [2.75, 3.05) is 0 Å². The molecule has 0 aliphatic carbocycles. The van der Waals surface area contributed by atoms with E-state index < -0.39 is 0 Å². The Labute approximate surface area is 193 Å². The molecular formula is C25H20IrN3O2-. The third kappa shape index (κ3) is 4.55. The Hall–Kier alpha value is -3.34. The summed E-state index contributed by atoms with van der Waals surface area (Å²) in [7, 11) is 0. The van der Waals surface area contributed by atoms with Crippen molar-refractivity contribution in [3.8, 4) is 5.82 Å². The zero-order chi connectivity index (χ0) is 21.1. The van der Waals surface area contributed by atoms with Gasteiger partial charge in [-0.25, -0.2) is 9.97 Å². The molecule has 5 nitrogen and oxygen atoms in total. The Morgan fingerprint density at radius 2 is 1.68 bits per heavy atom. The topological polar surface area (TPSA) is 68.0 Å². The molecule has 0 saturated carbocycles. The third-order valence-electron chi connectivity index (χ3n) is 4.62. The fraction of sp³-hybridized carbons (Fsp3) is 0.0800. The Kier molecular flexibility index (Phi) is 6.95. The number of pyridine rings is 2. The van der Waals surface area contributed by atoms with E-state index in [0.29, 0.717) is 0 Å². The summed E-state index contributed by atoms with van der Waals surface area (Å²) in [5.41, 5.74) is 1.92. The maximum atomic E-state index is 10.0. The predicted molar refractivity (Wildman–Crippen MR) is 120 cm³/mol. The molecule has 0 spiro atoms. The number of hydrogen-bond donors (Lipinski definition) is 1. The molecule has 0 saturated heterocycles. The third-order valence-corrected chi connectivity index (χ3v) is 4.62. The SMILES string of the molecule is CC(=O)/C=C(/C)O.[Ir].[c-]1cccc2c3cccnc3n(-c3nccc4ccccc34)c12. The van der Waals surface area contributed by atoms with Gasteiger partial charge in [-0.3, -0.25) is 4.79 Å². The molecule has 0 unspecified atom stereocenters. The molecule has 3 heterocycles. The molecular weight excluding hydrogens is 567 g/mol. The van der Waals surface area contributed by atoms with Crippen LogP contribution in [0.3, 0.4) is 0 Å². The summed E-state index contributed by atoms with van der Waals surface area (Å²) in [4.78, 5) is 19.3. The van der Waals surface area contributed by atoms with Crippen LogP contribution in [-0.2, 0) is 24.9 Å². The summed E-state index contributed by atoms with van der Waals surface area (Å²) in [6.45, 7) is 2.85. The Bertz CT molecular complexity index is 1340. The van der Waals surface area contributed by atoms with E-state index in [4.69, 9.17) is 5.11 Å². The molecule has 2 aromatic carbocycles. The molecule has 0 bridgehead atoms. The summed E-state index contributed by atoms with van der Waals surface area (Å²) in [6.07, 6.45) is 4.84. The number of hydrogen-bond acceptors (Lipinski definition) is 4. The number of aromatic nitrogens is 3. The molecule has 5 aromatic rings. The van der Waals surface area contributed by atoms with Crippen molar-refractivity contribution in [2.24, 2.45) is 0 Å². The molecule has 0 aliphatic rings. The van der Waals surface area contributed by atoms with Gasteiger partial charge in [0.15, 0.2) is 5.78 Å². The monoisotopic (exact) mass is 587 g/mol. The normalized spacial score (nSPS) is 11.1. The largest absolute Gasteiger partial charge is 0.512 e. The Morgan fingerprint density at radius 3 is 2.42 bits per heavy atom. The zero-order valence-electron chi connectivity index (χ0n) is 17.0. The molecule has 0 aliphatic heterocycles. The molecule has 1 radical (unpaired) electrons. The number of carbonyl (C=O) groups is 1. The van der Waals surface area contributed by atoms with Crippen LogP contribution in [0.1, 0.15) is 13.8 Å². The van der Waals surface area contributed by atoms with Crippen molar-refractivity contribution >= 4 is 38.5 Å². The first-order valence-corrected chi connectivity index (χ1v) is 9.54. The minimum Gasteiger partial charge on any atom is -0.512 e. The number of aliphatic hydroxyl groups is 1. The number of fused-ring (bicyclic) bond motifs is 4. The van der Waals surface area contributed by atoms with E-state index in [1.165, 1.54) is 25.3 Å². The number of para-hydroxylation sites is 1. The van der Waals surface area contributed by atoms with Crippen molar-refractivity contribution in [2.45, 2.75) is 13.8 Å². The van der Waals surface area contributed by atoms with Gasteiger partial charge in [0.25, 0.3) is 0 Å². The van der Waals surface area contributed by atoms with Crippen LogP contribution >= 0.6 is 0 Å². The van der Waals surface area contributed by atoms with Crippen molar-refractivity contribution in [1.29, 1.82) is 0 Å². The fourth-order valence-electron chi connectivity index (χ4n) is 3.50. The molecule has 1 N–H and O–H groups in total. The molecule has 6 heteroatoms. The minimum atomic E-state index is -0.125. The molecule has 31 heavy (non-hydrogen) atoms. The summed E-state index contributed by atoms with van der Waals surface area (Å²) in [6, 6.07) is 23.8. The van der Waals surface area contributed by atoms with Crippen LogP contribution < -0.4 is 0 Å². The summed E-state index contributed by atoms with van der Waals surface area (Å²) < 4.78 is 2.10. The van der Waals surface area contributed by atoms with E-state index in [1.54, 1.807) is 0 Å². The number of nitrogens with zero attached hydrogens (tertiary/aromatic N) is 3. The number of carbonyl (C=O) groups excluding carboxylic acids is 1. The second kappa shape index (κ2) is 9.65. The first kappa shape index (κ1) is 22.3. The van der Waals surface area contributed by atoms with E-state index in [1.807, 2.05) is 48.8 Å². The molecule has 0 amide bonds. The number of benzene rings is 2. The summed E-state index contributed by atoms with van der Waals surface area (Å²) in [5, 5.41) is 12.9. The van der Waals surface area contributed by atoms with Crippen LogP contribution in [0.2, 0.25) is 0 Å². The van der Waals surface area contributed by atoms with Crippen molar-refractivity contribution in [1.82, 2.24) is 14.5 Å². The van der Waals surface area contributed by atoms with Gasteiger partial charge in [0, 0.05) is 44.0 Å². The zero-order valence-corrected chi connectivity index (χ0v) is 19.4. The standard InChI is InChI=1S/C20H12N3.C5H8O2.Ir/c1-2-7-15-14(6-1)11-13-22-19(15)23-18-10-4-3-8-16(18)17-9-5-12-21-20(17)23;1-4(6)3-5(2)7;/h1-9,11-13H;3,6H,1-2H3;/q-1;;/b;4-3-;. The molecule has 0 atom stereocenters. The maximum absolute atomic E-state index is 10.0. The first-order valence-electron chi connectivity index (χ1n) is 9.54. The second-order valence-corrected chi connectivity index (χ2v) is 6.89. The molecule has 0 fully saturated rings. The minimum absolute atomic E-state index is 0. The van der Waals surface area contributed by atoms with Gasteiger partial charge < -0.3 is 9.67 Å². The quantitative estimate of drug-likeness (QED) is 0.167. The van der Waals surface area contributed by atoms with Crippen LogP contribution in [0, 0.1) is 6.07 Å². The number of rotatable bonds is 2. The number of allylic oxidation sites excluding steroid dienone is 2. The van der Waals surface area contributed by atoms with Crippen LogP contribution in [0.5, 0.6) is 0 Å². The van der Waals surface area contributed by atoms with Crippen LogP contribution in [0.4, 0.5) is 0 Å². The van der Waals surface area contributed by atoms with Crippen LogP contribution in [0.15, 0.2) is 84.9 Å². The van der Waals surface area contributed by atoms with E-state index >= 15 is 0 Å². The first-order chi connectivity index (χ1) is 14.6. The van der Waals surface area contributed by atoms with E-state index in [0.717, 1.165) is 33.1 Å². The van der Waals surface area contributed by atoms with Crippen molar-refractivity contribution in [3.05, 3.63) is 91.0 Å². The van der Waals surface area contributed by atoms with Crippen molar-refractivity contribution < 1.29 is 30.0 Å². The Balaban J connectivity index is 0.000000299. The molecule has 5 rings (SSSR count). The van der Waals surface area contributed by atoms with E-state index in [9.17, 15) is 4.79 Å². The maximum Gasteiger partial charge on any atom is 0.155 e. The van der Waals surface area contributed by atoms with Gasteiger partial charge in [0.2, 0.25) is 0 Å².